The number of nitriles is 1. The number of benzene rings is 3. The van der Waals surface area contributed by atoms with Crippen LogP contribution in [-0.4, -0.2) is 5.97 Å². The van der Waals surface area contributed by atoms with E-state index in [1.54, 1.807) is 55.5 Å². The lowest BCUT2D eigenvalue weighted by atomic mass is 10.1. The van der Waals surface area contributed by atoms with Gasteiger partial charge in [-0.1, -0.05) is 48.0 Å². The normalized spacial score (nSPS) is 11.7. The molecule has 0 aliphatic carbocycles. The quantitative estimate of drug-likeness (QED) is 0.138. The molecule has 4 rings (SSSR count). The molecule has 0 saturated heterocycles. The van der Waals surface area contributed by atoms with Crippen LogP contribution in [0.3, 0.4) is 0 Å². The van der Waals surface area contributed by atoms with Gasteiger partial charge in [-0.25, -0.2) is 4.79 Å². The lowest BCUT2D eigenvalue weighted by Crippen LogP contribution is -2.16. The molecule has 0 unspecified atom stereocenters. The van der Waals surface area contributed by atoms with Crippen molar-refractivity contribution in [2.45, 2.75) is 13.1 Å². The highest BCUT2D eigenvalue weighted by Gasteiger charge is 2.40. The zero-order valence-corrected chi connectivity index (χ0v) is 18.6. The van der Waals surface area contributed by atoms with Gasteiger partial charge in [-0.15, -0.1) is 0 Å². The first kappa shape index (κ1) is 24.3. The van der Waals surface area contributed by atoms with Crippen LogP contribution < -0.4 is 14.9 Å². The summed E-state index contributed by atoms with van der Waals surface area (Å²) < 4.78 is 56.7. The summed E-state index contributed by atoms with van der Waals surface area (Å²) in [5, 5.41) is 9.10. The first-order valence-corrected chi connectivity index (χ1v) is 10.5. The van der Waals surface area contributed by atoms with E-state index in [-0.39, 0.29) is 22.5 Å². The average molecular weight is 491 g/mol. The number of hydrogen-bond acceptors (Lipinski definition) is 6. The maximum atomic E-state index is 13.8. The highest BCUT2D eigenvalue weighted by molar-refractivity contribution is 5.99. The number of esters is 1. The lowest BCUT2D eigenvalue weighted by molar-refractivity contribution is -0.154. The Hall–Kier alpha value is -4.84. The van der Waals surface area contributed by atoms with E-state index in [2.05, 4.69) is 0 Å². The minimum Gasteiger partial charge on any atom is -0.449 e. The molecule has 0 saturated carbocycles. The standard InChI is InChI=1S/C27H16F3NO5/c1-16-7-9-19(10-8-16)34-24-23(32)21-12-11-20(14-22(21)36-25(24)27(28,29)30)35-26(33)18(15-31)13-17-5-3-2-4-6-17/h2-14H,1H3/b18-13+. The zero-order chi connectivity index (χ0) is 25.9. The van der Waals surface area contributed by atoms with Crippen molar-refractivity contribution in [3.8, 4) is 23.3 Å². The van der Waals surface area contributed by atoms with Crippen LogP contribution in [-0.2, 0) is 11.0 Å². The molecular formula is C27H16F3NO5. The van der Waals surface area contributed by atoms with Gasteiger partial charge in [-0.2, -0.15) is 18.4 Å². The van der Waals surface area contributed by atoms with Gasteiger partial charge < -0.3 is 13.9 Å². The second-order valence-corrected chi connectivity index (χ2v) is 7.63. The fourth-order valence-corrected chi connectivity index (χ4v) is 3.24. The Balaban J connectivity index is 1.71. The lowest BCUT2D eigenvalue weighted by Gasteiger charge is -2.13. The summed E-state index contributed by atoms with van der Waals surface area (Å²) in [4.78, 5) is 25.4. The van der Waals surface area contributed by atoms with Crippen LogP contribution in [0.25, 0.3) is 17.0 Å². The van der Waals surface area contributed by atoms with E-state index in [0.29, 0.717) is 5.56 Å². The molecule has 3 aromatic carbocycles. The maximum Gasteiger partial charge on any atom is 0.453 e. The van der Waals surface area contributed by atoms with Crippen LogP contribution in [0.5, 0.6) is 17.2 Å². The second-order valence-electron chi connectivity index (χ2n) is 7.63. The van der Waals surface area contributed by atoms with Crippen molar-refractivity contribution in [2.75, 3.05) is 0 Å². The summed E-state index contributed by atoms with van der Waals surface area (Å²) in [6.07, 6.45) is -3.74. The molecule has 0 spiro atoms. The van der Waals surface area contributed by atoms with Crippen LogP contribution in [0.2, 0.25) is 0 Å². The van der Waals surface area contributed by atoms with Crippen molar-refractivity contribution in [2.24, 2.45) is 0 Å². The van der Waals surface area contributed by atoms with E-state index < -0.39 is 34.7 Å². The fourth-order valence-electron chi connectivity index (χ4n) is 3.24. The van der Waals surface area contributed by atoms with Crippen LogP contribution >= 0.6 is 0 Å². The van der Waals surface area contributed by atoms with E-state index in [4.69, 9.17) is 13.9 Å². The van der Waals surface area contributed by atoms with Crippen molar-refractivity contribution in [1.82, 2.24) is 0 Å². The second kappa shape index (κ2) is 9.80. The van der Waals surface area contributed by atoms with Crippen molar-refractivity contribution in [3.63, 3.8) is 0 Å². The van der Waals surface area contributed by atoms with E-state index in [0.717, 1.165) is 17.7 Å². The van der Waals surface area contributed by atoms with Crippen LogP contribution in [0, 0.1) is 18.3 Å². The molecule has 0 amide bonds. The summed E-state index contributed by atoms with van der Waals surface area (Å²) in [5.74, 6) is -3.87. The first-order valence-electron chi connectivity index (χ1n) is 10.5. The molecule has 0 fully saturated rings. The van der Waals surface area contributed by atoms with Gasteiger partial charge in [-0.05, 0) is 42.8 Å². The van der Waals surface area contributed by atoms with E-state index >= 15 is 0 Å². The van der Waals surface area contributed by atoms with E-state index in [9.17, 15) is 28.0 Å². The number of halogens is 3. The van der Waals surface area contributed by atoms with Crippen molar-refractivity contribution in [1.29, 1.82) is 5.26 Å². The Labute approximate surface area is 202 Å². The molecule has 1 heterocycles. The highest BCUT2D eigenvalue weighted by atomic mass is 19.4. The Morgan fingerprint density at radius 1 is 1.00 bits per heavy atom. The molecule has 0 atom stereocenters. The molecule has 0 aliphatic rings. The first-order chi connectivity index (χ1) is 17.2. The van der Waals surface area contributed by atoms with Gasteiger partial charge in [0.2, 0.25) is 11.2 Å². The number of aryl methyl sites for hydroxylation is 1. The molecule has 9 heteroatoms. The third-order valence-corrected chi connectivity index (χ3v) is 4.98. The summed E-state index contributed by atoms with van der Waals surface area (Å²) in [7, 11) is 0. The molecule has 0 N–H and O–H groups in total. The van der Waals surface area contributed by atoms with Gasteiger partial charge >= 0.3 is 12.1 Å². The Morgan fingerprint density at radius 3 is 2.31 bits per heavy atom. The Morgan fingerprint density at radius 2 is 1.67 bits per heavy atom. The largest absolute Gasteiger partial charge is 0.453 e. The molecule has 0 aliphatic heterocycles. The summed E-state index contributed by atoms with van der Waals surface area (Å²) in [6, 6.07) is 19.7. The van der Waals surface area contributed by atoms with Gasteiger partial charge in [0.25, 0.3) is 5.76 Å². The molecule has 1 aromatic heterocycles. The van der Waals surface area contributed by atoms with Gasteiger partial charge in [0.15, 0.2) is 0 Å². The number of rotatable bonds is 5. The number of carbonyl (C=O) groups is 1. The summed E-state index contributed by atoms with van der Waals surface area (Å²) in [6.45, 7) is 1.79. The van der Waals surface area contributed by atoms with Crippen molar-refractivity contribution in [3.05, 3.63) is 105 Å². The van der Waals surface area contributed by atoms with Gasteiger partial charge in [0, 0.05) is 6.07 Å². The minimum absolute atomic E-state index is 0.0255. The topological polar surface area (TPSA) is 89.5 Å². The number of hydrogen-bond donors (Lipinski definition) is 0. The molecular weight excluding hydrogens is 475 g/mol. The van der Waals surface area contributed by atoms with Crippen molar-refractivity contribution < 1.29 is 31.9 Å². The minimum atomic E-state index is -5.05. The number of nitrogens with zero attached hydrogens (tertiary/aromatic N) is 1. The van der Waals surface area contributed by atoms with E-state index in [1.165, 1.54) is 24.3 Å². The van der Waals surface area contributed by atoms with E-state index in [1.807, 2.05) is 0 Å². The number of alkyl halides is 3. The number of carbonyl (C=O) groups excluding carboxylic acids is 1. The fraction of sp³-hybridized carbons (Fsp3) is 0.0741. The Bertz CT molecular complexity index is 1560. The SMILES string of the molecule is Cc1ccc(Oc2c(C(F)(F)F)oc3cc(OC(=O)/C(C#N)=C/c4ccccc4)ccc3c2=O)cc1. The molecule has 36 heavy (non-hydrogen) atoms. The highest BCUT2D eigenvalue weighted by Crippen LogP contribution is 2.38. The average Bonchev–Trinajstić information content (AvgIpc) is 2.85. The molecule has 0 radical (unpaired) electrons. The monoisotopic (exact) mass is 491 g/mol. The third kappa shape index (κ3) is 5.28. The third-order valence-electron chi connectivity index (χ3n) is 4.98. The van der Waals surface area contributed by atoms with Gasteiger partial charge in [0.05, 0.1) is 5.39 Å². The zero-order valence-electron chi connectivity index (χ0n) is 18.6. The number of fused-ring (bicyclic) bond motifs is 1. The van der Waals surface area contributed by atoms with Gasteiger partial charge in [-0.3, -0.25) is 4.79 Å². The molecule has 6 nitrogen and oxygen atoms in total. The van der Waals surface area contributed by atoms with Gasteiger partial charge in [0.1, 0.15) is 28.7 Å². The Kier molecular flexibility index (Phi) is 6.61. The smallest absolute Gasteiger partial charge is 0.449 e. The molecule has 0 bridgehead atoms. The maximum absolute atomic E-state index is 13.8. The summed E-state index contributed by atoms with van der Waals surface area (Å²) in [5.41, 5.74) is -0.431. The molecule has 4 aromatic rings. The number of ether oxygens (including phenoxy) is 2. The van der Waals surface area contributed by atoms with Crippen LogP contribution in [0.4, 0.5) is 13.2 Å². The molecule has 180 valence electrons. The summed E-state index contributed by atoms with van der Waals surface area (Å²) >= 11 is 0. The predicted octanol–water partition coefficient (Wildman–Crippen LogP) is 6.43. The van der Waals surface area contributed by atoms with Crippen molar-refractivity contribution >= 4 is 23.0 Å². The van der Waals surface area contributed by atoms with Crippen LogP contribution in [0.15, 0.2) is 87.6 Å². The van der Waals surface area contributed by atoms with Crippen LogP contribution in [0.1, 0.15) is 16.9 Å². The predicted molar refractivity (Wildman–Crippen MR) is 124 cm³/mol.